The molecule has 3 rings (SSSR count). The average Bonchev–Trinajstić information content (AvgIpc) is 2.54. The molecule has 0 bridgehead atoms. The first-order chi connectivity index (χ1) is 13.0. The molecule has 0 aliphatic heterocycles. The van der Waals surface area contributed by atoms with Crippen molar-refractivity contribution in [3.05, 3.63) is 53.6 Å². The van der Waals surface area contributed by atoms with Crippen LogP contribution in [-0.2, 0) is 0 Å². The summed E-state index contributed by atoms with van der Waals surface area (Å²) in [6, 6.07) is 10.9. The summed E-state index contributed by atoms with van der Waals surface area (Å²) in [7, 11) is -4.76. The van der Waals surface area contributed by atoms with Crippen molar-refractivity contribution in [1.29, 1.82) is 0 Å². The van der Waals surface area contributed by atoms with Gasteiger partial charge in [-0.15, -0.1) is 13.2 Å². The second-order valence-electron chi connectivity index (χ2n) is 5.55. The predicted octanol–water partition coefficient (Wildman–Crippen LogP) is 4.30. The van der Waals surface area contributed by atoms with Gasteiger partial charge in [0.2, 0.25) is 0 Å². The van der Waals surface area contributed by atoms with Crippen LogP contribution in [0.5, 0.6) is 11.5 Å². The molecular weight excluding hydrogens is 424 g/mol. The maximum atomic E-state index is 12.2. The first kappa shape index (κ1) is 20.4. The number of nitrogens with zero attached hydrogens (tertiary/aromatic N) is 1. The zero-order valence-electron chi connectivity index (χ0n) is 13.7. The zero-order valence-corrected chi connectivity index (χ0v) is 15.5. The summed E-state index contributed by atoms with van der Waals surface area (Å²) >= 11 is 6.13. The Morgan fingerprint density at radius 3 is 2.25 bits per heavy atom. The monoisotopic (exact) mass is 436 g/mol. The van der Waals surface area contributed by atoms with Crippen LogP contribution in [0.2, 0.25) is 5.02 Å². The Morgan fingerprint density at radius 2 is 1.64 bits per heavy atom. The molecule has 0 aliphatic carbocycles. The molecule has 12 heteroatoms. The Labute approximate surface area is 161 Å². The Hall–Kier alpha value is -2.36. The van der Waals surface area contributed by atoms with Crippen LogP contribution < -0.4 is 14.6 Å². The maximum absolute atomic E-state index is 12.2. The Bertz CT molecular complexity index is 996. The van der Waals surface area contributed by atoms with E-state index >= 15 is 0 Å². The summed E-state index contributed by atoms with van der Waals surface area (Å²) in [5.74, 6) is -0.0291. The van der Waals surface area contributed by atoms with Crippen molar-refractivity contribution in [2.45, 2.75) is 6.36 Å². The van der Waals surface area contributed by atoms with E-state index in [1.165, 1.54) is 24.3 Å². The van der Waals surface area contributed by atoms with Gasteiger partial charge in [-0.05, 0) is 0 Å². The number of hydrogen-bond donors (Lipinski definition) is 4. The first-order valence-corrected chi connectivity index (χ1v) is 9.71. The molecule has 0 atom stereocenters. The van der Waals surface area contributed by atoms with Crippen molar-refractivity contribution in [2.75, 3.05) is 5.32 Å². The minimum absolute atomic E-state index is 0.0422. The van der Waals surface area contributed by atoms with E-state index in [9.17, 15) is 13.2 Å². The van der Waals surface area contributed by atoms with Crippen LogP contribution in [0, 0.1) is 0 Å². The second kappa shape index (κ2) is 7.57. The van der Waals surface area contributed by atoms with Gasteiger partial charge in [-0.2, -0.15) is 0 Å². The summed E-state index contributed by atoms with van der Waals surface area (Å²) < 4.78 is 45.0. The first-order valence-electron chi connectivity index (χ1n) is 7.58. The molecule has 0 unspecified atom stereocenters. The van der Waals surface area contributed by atoms with Gasteiger partial charge in [0.15, 0.2) is 0 Å². The van der Waals surface area contributed by atoms with Gasteiger partial charge in [-0.25, -0.2) is 0 Å². The molecular formula is C16H13ClF3N2O5P. The molecule has 0 spiro atoms. The molecule has 4 N–H and O–H groups in total. The molecule has 2 aromatic carbocycles. The van der Waals surface area contributed by atoms with Crippen LogP contribution in [0.1, 0.15) is 0 Å². The molecule has 7 nitrogen and oxygen atoms in total. The van der Waals surface area contributed by atoms with Gasteiger partial charge in [0.1, 0.15) is 0 Å². The van der Waals surface area contributed by atoms with E-state index in [1.54, 1.807) is 12.1 Å². The Morgan fingerprint density at radius 1 is 0.964 bits per heavy atom. The molecule has 0 saturated heterocycles. The second-order valence-corrected chi connectivity index (χ2v) is 7.31. The standard InChI is InChI=1S/C16H13ClF3N2O5P/c17-13-8-12(27-28(23,24)25)7-9-1-6-14(22-15(9)13)21-10-2-4-11(5-3-10)26-16(18,19)20/h1-8,23-25,28H,(H,21,22). The van der Waals surface area contributed by atoms with Gasteiger partial charge >= 0.3 is 143 Å². The van der Waals surface area contributed by atoms with Gasteiger partial charge in [-0.3, -0.25) is 0 Å². The van der Waals surface area contributed by atoms with E-state index < -0.39 is 14.5 Å². The van der Waals surface area contributed by atoms with Gasteiger partial charge in [0.25, 0.3) is 0 Å². The van der Waals surface area contributed by atoms with E-state index in [1.807, 2.05) is 0 Å². The quantitative estimate of drug-likeness (QED) is 0.442. The van der Waals surface area contributed by atoms with Gasteiger partial charge in [0, 0.05) is 0 Å². The third kappa shape index (κ3) is 5.57. The average molecular weight is 437 g/mol. The normalized spacial score (nSPS) is 12.7. The molecule has 3 aromatic rings. The topological polar surface area (TPSA) is 104 Å². The Kier molecular flexibility index (Phi) is 5.51. The van der Waals surface area contributed by atoms with Crippen LogP contribution in [0.25, 0.3) is 10.9 Å². The molecule has 1 aromatic heterocycles. The van der Waals surface area contributed by atoms with E-state index in [2.05, 4.69) is 19.6 Å². The fourth-order valence-electron chi connectivity index (χ4n) is 2.34. The summed E-state index contributed by atoms with van der Waals surface area (Å²) in [6.45, 7) is 0. The number of benzene rings is 2. The summed E-state index contributed by atoms with van der Waals surface area (Å²) in [5.41, 5.74) is 0.825. The molecule has 0 amide bonds. The van der Waals surface area contributed by atoms with Crippen LogP contribution in [0.4, 0.5) is 24.7 Å². The number of fused-ring (bicyclic) bond motifs is 1. The number of halogens is 4. The number of aromatic nitrogens is 1. The van der Waals surface area contributed by atoms with Crippen LogP contribution in [0.15, 0.2) is 48.5 Å². The predicted molar refractivity (Wildman–Crippen MR) is 98.8 cm³/mol. The number of ether oxygens (including phenoxy) is 1. The summed E-state index contributed by atoms with van der Waals surface area (Å²) in [6.07, 6.45) is -4.77. The van der Waals surface area contributed by atoms with E-state index in [0.29, 0.717) is 22.4 Å². The molecule has 0 radical (unpaired) electrons. The Balaban J connectivity index is 1.81. The van der Waals surface area contributed by atoms with Crippen LogP contribution in [0.3, 0.4) is 0 Å². The van der Waals surface area contributed by atoms with Crippen molar-refractivity contribution in [2.24, 2.45) is 0 Å². The molecule has 0 fully saturated rings. The van der Waals surface area contributed by atoms with Crippen LogP contribution in [-0.4, -0.2) is 26.0 Å². The number of rotatable bonds is 5. The molecule has 28 heavy (non-hydrogen) atoms. The molecule has 150 valence electrons. The number of nitrogens with one attached hydrogen (secondary N) is 1. The molecule has 1 heterocycles. The van der Waals surface area contributed by atoms with E-state index in [0.717, 1.165) is 12.1 Å². The van der Waals surface area contributed by atoms with E-state index in [4.69, 9.17) is 26.3 Å². The minimum atomic E-state index is -4.77. The van der Waals surface area contributed by atoms with Crippen molar-refractivity contribution >= 4 is 42.2 Å². The number of hydrogen-bond acceptors (Lipinski definition) is 7. The fourth-order valence-corrected chi connectivity index (χ4v) is 3.03. The van der Waals surface area contributed by atoms with Gasteiger partial charge < -0.3 is 4.74 Å². The van der Waals surface area contributed by atoms with Crippen molar-refractivity contribution in [3.63, 3.8) is 0 Å². The van der Waals surface area contributed by atoms with Gasteiger partial charge in [-0.1, -0.05) is 0 Å². The number of alkyl halides is 3. The molecule has 0 aliphatic rings. The van der Waals surface area contributed by atoms with Crippen LogP contribution >= 0.6 is 19.8 Å². The van der Waals surface area contributed by atoms with Crippen molar-refractivity contribution in [1.82, 2.24) is 4.98 Å². The third-order valence-electron chi connectivity index (χ3n) is 3.33. The number of anilines is 2. The van der Waals surface area contributed by atoms with Gasteiger partial charge in [0.05, 0.1) is 0 Å². The fraction of sp³-hybridized carbons (Fsp3) is 0.0625. The summed E-state index contributed by atoms with van der Waals surface area (Å²) in [4.78, 5) is 31.3. The zero-order chi connectivity index (χ0) is 20.5. The summed E-state index contributed by atoms with van der Waals surface area (Å²) in [5, 5.41) is 3.54. The third-order valence-corrected chi connectivity index (χ3v) is 4.13. The molecule has 0 saturated carbocycles. The van der Waals surface area contributed by atoms with E-state index in [-0.39, 0.29) is 16.5 Å². The van der Waals surface area contributed by atoms with Crippen molar-refractivity contribution < 1.29 is 37.1 Å². The number of pyridine rings is 1. The van der Waals surface area contributed by atoms with Crippen molar-refractivity contribution in [3.8, 4) is 11.5 Å². The SMILES string of the molecule is O[PH](O)(O)Oc1cc(Cl)c2nc(Nc3ccc(OC(F)(F)F)cc3)ccc2c1.